The molecule has 0 aliphatic carbocycles. The summed E-state index contributed by atoms with van der Waals surface area (Å²) in [4.78, 5) is 29.1. The first-order chi connectivity index (χ1) is 14.1. The molecule has 156 valence electrons. The lowest BCUT2D eigenvalue weighted by Crippen LogP contribution is -2.54. The first-order valence-electron chi connectivity index (χ1n) is 9.99. The normalized spacial score (nSPS) is 36.2. The summed E-state index contributed by atoms with van der Waals surface area (Å²) >= 11 is 0. The topological polar surface area (TPSA) is 89.6 Å². The fourth-order valence-electron chi connectivity index (χ4n) is 4.48. The van der Waals surface area contributed by atoms with Gasteiger partial charge in [0, 0.05) is 20.1 Å². The van der Waals surface area contributed by atoms with Gasteiger partial charge in [-0.05, 0) is 5.56 Å². The van der Waals surface area contributed by atoms with Crippen LogP contribution in [0.2, 0.25) is 0 Å². The third-order valence-electron chi connectivity index (χ3n) is 5.85. The number of hydrogen-bond donors (Lipinski definition) is 1. The SMILES string of the molecule is CNC(=O)[C@@H]1O[C@@H]2CN(C(=O)[C@@H]3O[C@@H]4CN(Cc5ccccc5)C[C@H]3O4)C[C@H]1O2. The third kappa shape index (κ3) is 3.64. The predicted octanol–water partition coefficient (Wildman–Crippen LogP) is -0.689. The van der Waals surface area contributed by atoms with E-state index in [4.69, 9.17) is 18.9 Å². The lowest BCUT2D eigenvalue weighted by molar-refractivity contribution is -0.160. The Bertz CT molecular complexity index is 777. The molecule has 0 radical (unpaired) electrons. The van der Waals surface area contributed by atoms with Gasteiger partial charge >= 0.3 is 0 Å². The summed E-state index contributed by atoms with van der Waals surface area (Å²) in [5.74, 6) is -0.363. The second kappa shape index (κ2) is 7.66. The summed E-state index contributed by atoms with van der Waals surface area (Å²) in [7, 11) is 1.56. The maximum absolute atomic E-state index is 13.2. The van der Waals surface area contributed by atoms with Crippen LogP contribution in [0.5, 0.6) is 0 Å². The molecule has 2 amide bonds. The maximum atomic E-state index is 13.2. The number of hydrogen-bond acceptors (Lipinski definition) is 7. The molecule has 6 atom stereocenters. The lowest BCUT2D eigenvalue weighted by Gasteiger charge is -2.33. The number of likely N-dealkylation sites (N-methyl/N-ethyl adjacent to an activating group) is 1. The molecule has 4 aliphatic rings. The highest BCUT2D eigenvalue weighted by Crippen LogP contribution is 2.31. The van der Waals surface area contributed by atoms with E-state index in [0.29, 0.717) is 19.6 Å². The van der Waals surface area contributed by atoms with Gasteiger partial charge in [0.25, 0.3) is 11.8 Å². The molecular formula is C20H25N3O6. The van der Waals surface area contributed by atoms with Gasteiger partial charge in [-0.15, -0.1) is 0 Å². The van der Waals surface area contributed by atoms with Gasteiger partial charge in [-0.25, -0.2) is 0 Å². The Hall–Kier alpha value is -2.04. The summed E-state index contributed by atoms with van der Waals surface area (Å²) in [6.45, 7) is 2.65. The van der Waals surface area contributed by atoms with Crippen molar-refractivity contribution in [1.82, 2.24) is 15.1 Å². The highest BCUT2D eigenvalue weighted by atomic mass is 16.7. The van der Waals surface area contributed by atoms with Crippen molar-refractivity contribution < 1.29 is 28.5 Å². The van der Waals surface area contributed by atoms with Crippen molar-refractivity contribution in [2.45, 2.75) is 43.5 Å². The first-order valence-corrected chi connectivity index (χ1v) is 9.99. The predicted molar refractivity (Wildman–Crippen MR) is 99.4 cm³/mol. The van der Waals surface area contributed by atoms with Crippen LogP contribution in [0.3, 0.4) is 0 Å². The average Bonchev–Trinajstić information content (AvgIpc) is 3.21. The van der Waals surface area contributed by atoms with Crippen molar-refractivity contribution in [1.29, 1.82) is 0 Å². The number of nitrogens with one attached hydrogen (secondary N) is 1. The number of fused-ring (bicyclic) bond motifs is 4. The Kier molecular flexibility index (Phi) is 5.00. The van der Waals surface area contributed by atoms with Gasteiger partial charge in [0.1, 0.15) is 12.2 Å². The minimum atomic E-state index is -0.691. The molecule has 1 aromatic rings. The van der Waals surface area contributed by atoms with E-state index in [9.17, 15) is 9.59 Å². The van der Waals surface area contributed by atoms with Crippen molar-refractivity contribution in [3.8, 4) is 0 Å². The Morgan fingerprint density at radius 3 is 2.38 bits per heavy atom. The summed E-state index contributed by atoms with van der Waals surface area (Å²) in [5.41, 5.74) is 1.22. The van der Waals surface area contributed by atoms with Crippen molar-refractivity contribution in [2.75, 3.05) is 33.2 Å². The summed E-state index contributed by atoms with van der Waals surface area (Å²) in [6, 6.07) is 10.2. The number of carbonyl (C=O) groups excluding carboxylic acids is 2. The summed E-state index contributed by atoms with van der Waals surface area (Å²) in [5, 5.41) is 2.58. The molecule has 9 heteroatoms. The Balaban J connectivity index is 1.22. The Labute approximate surface area is 168 Å². The smallest absolute Gasteiger partial charge is 0.254 e. The van der Waals surface area contributed by atoms with E-state index in [2.05, 4.69) is 22.3 Å². The molecule has 4 heterocycles. The fraction of sp³-hybridized carbons (Fsp3) is 0.600. The summed E-state index contributed by atoms with van der Waals surface area (Å²) < 4.78 is 23.2. The van der Waals surface area contributed by atoms with E-state index in [1.54, 1.807) is 11.9 Å². The zero-order valence-corrected chi connectivity index (χ0v) is 16.2. The Morgan fingerprint density at radius 2 is 1.62 bits per heavy atom. The average molecular weight is 403 g/mol. The molecule has 4 aliphatic heterocycles. The fourth-order valence-corrected chi connectivity index (χ4v) is 4.48. The van der Waals surface area contributed by atoms with Crippen LogP contribution >= 0.6 is 0 Å². The van der Waals surface area contributed by atoms with Gasteiger partial charge in [-0.1, -0.05) is 30.3 Å². The number of morpholine rings is 2. The molecule has 0 aromatic heterocycles. The molecular weight excluding hydrogens is 378 g/mol. The van der Waals surface area contributed by atoms with Gasteiger partial charge < -0.3 is 29.2 Å². The van der Waals surface area contributed by atoms with E-state index in [-0.39, 0.29) is 24.5 Å². The molecule has 0 saturated carbocycles. The van der Waals surface area contributed by atoms with Crippen LogP contribution in [0.4, 0.5) is 0 Å². The van der Waals surface area contributed by atoms with Crippen LogP contribution in [-0.2, 0) is 35.1 Å². The molecule has 9 nitrogen and oxygen atoms in total. The standard InChI is InChI=1S/C20H25N3O6/c1-21-19(24)17-14-9-23(11-16(27-14)28-17)20(25)18-13-8-22(10-15(26-13)29-18)7-12-5-3-2-4-6-12/h2-6,13-18H,7-11H2,1H3,(H,21,24)/t13-,14-,15-,16-,17-,18-/m1/s1. The van der Waals surface area contributed by atoms with Crippen LogP contribution in [0.25, 0.3) is 0 Å². The summed E-state index contributed by atoms with van der Waals surface area (Å²) in [6.07, 6.45) is -3.09. The number of rotatable bonds is 4. The van der Waals surface area contributed by atoms with Gasteiger partial charge in [0.15, 0.2) is 24.8 Å². The number of benzene rings is 1. The van der Waals surface area contributed by atoms with Crippen molar-refractivity contribution in [3.05, 3.63) is 35.9 Å². The number of ether oxygens (including phenoxy) is 4. The monoisotopic (exact) mass is 403 g/mol. The van der Waals surface area contributed by atoms with Gasteiger partial charge in [-0.2, -0.15) is 0 Å². The van der Waals surface area contributed by atoms with E-state index in [1.165, 1.54) is 5.56 Å². The van der Waals surface area contributed by atoms with Crippen LogP contribution in [-0.4, -0.2) is 91.8 Å². The molecule has 4 saturated heterocycles. The Morgan fingerprint density at radius 1 is 0.931 bits per heavy atom. The van der Waals surface area contributed by atoms with Gasteiger partial charge in [0.2, 0.25) is 0 Å². The van der Waals surface area contributed by atoms with Gasteiger partial charge in [-0.3, -0.25) is 14.5 Å². The molecule has 4 bridgehead atoms. The molecule has 5 rings (SSSR count). The lowest BCUT2D eigenvalue weighted by atomic mass is 10.1. The second-order valence-corrected chi connectivity index (χ2v) is 7.86. The van der Waals surface area contributed by atoms with Crippen LogP contribution in [0.15, 0.2) is 30.3 Å². The number of carbonyl (C=O) groups is 2. The maximum Gasteiger partial charge on any atom is 0.254 e. The van der Waals surface area contributed by atoms with Gasteiger partial charge in [0.05, 0.1) is 19.6 Å². The minimum absolute atomic E-state index is 0.126. The second-order valence-electron chi connectivity index (χ2n) is 7.86. The molecule has 4 fully saturated rings. The van der Waals surface area contributed by atoms with Crippen LogP contribution in [0.1, 0.15) is 5.56 Å². The van der Waals surface area contributed by atoms with Crippen LogP contribution in [0, 0.1) is 0 Å². The molecule has 1 N–H and O–H groups in total. The largest absolute Gasteiger partial charge is 0.357 e. The van der Waals surface area contributed by atoms with E-state index < -0.39 is 30.9 Å². The van der Waals surface area contributed by atoms with E-state index in [1.807, 2.05) is 18.2 Å². The van der Waals surface area contributed by atoms with Crippen LogP contribution < -0.4 is 5.32 Å². The van der Waals surface area contributed by atoms with Crippen molar-refractivity contribution in [3.63, 3.8) is 0 Å². The van der Waals surface area contributed by atoms with Crippen molar-refractivity contribution in [2.24, 2.45) is 0 Å². The van der Waals surface area contributed by atoms with E-state index >= 15 is 0 Å². The molecule has 0 spiro atoms. The molecule has 1 aromatic carbocycles. The first kappa shape index (κ1) is 19.0. The highest BCUT2D eigenvalue weighted by molar-refractivity contribution is 5.84. The molecule has 0 unspecified atom stereocenters. The number of nitrogens with zero attached hydrogens (tertiary/aromatic N) is 2. The zero-order chi connectivity index (χ0) is 20.0. The third-order valence-corrected chi connectivity index (χ3v) is 5.85. The van der Waals surface area contributed by atoms with Crippen molar-refractivity contribution >= 4 is 11.8 Å². The zero-order valence-electron chi connectivity index (χ0n) is 16.2. The van der Waals surface area contributed by atoms with E-state index in [0.717, 1.165) is 6.54 Å². The highest BCUT2D eigenvalue weighted by Gasteiger charge is 2.51. The number of amides is 2. The quantitative estimate of drug-likeness (QED) is 0.712. The molecule has 29 heavy (non-hydrogen) atoms. The minimum Gasteiger partial charge on any atom is -0.357 e.